The number of benzene rings is 1. The Morgan fingerprint density at radius 2 is 2.00 bits per heavy atom. The van der Waals surface area contributed by atoms with Crippen LogP contribution in [0.5, 0.6) is 0 Å². The summed E-state index contributed by atoms with van der Waals surface area (Å²) in [6, 6.07) is 7.08. The molecule has 0 saturated heterocycles. The minimum atomic E-state index is -3.31. The van der Waals surface area contributed by atoms with E-state index in [4.69, 9.17) is 0 Å². The topological polar surface area (TPSA) is 37.4 Å². The molecular formula is C12H15NO2S. The summed E-state index contributed by atoms with van der Waals surface area (Å²) in [5.74, 6) is 0. The number of unbranched alkanes of at least 4 members (excludes halogenated alkanes) is 1. The summed E-state index contributed by atoms with van der Waals surface area (Å²) >= 11 is 0. The number of fused-ring (bicyclic) bond motifs is 1. The van der Waals surface area contributed by atoms with Crippen LogP contribution in [0, 0.1) is 0 Å². The van der Waals surface area contributed by atoms with Crippen molar-refractivity contribution in [3.8, 4) is 0 Å². The van der Waals surface area contributed by atoms with Gasteiger partial charge in [0.05, 0.1) is 4.90 Å². The molecule has 0 unspecified atom stereocenters. The number of hydrogen-bond acceptors (Lipinski definition) is 2. The third-order valence-electron chi connectivity index (χ3n) is 2.66. The second kappa shape index (κ2) is 4.29. The Hall–Kier alpha value is -1.29. The van der Waals surface area contributed by atoms with Gasteiger partial charge in [-0.1, -0.05) is 31.5 Å². The van der Waals surface area contributed by atoms with Crippen molar-refractivity contribution in [1.29, 1.82) is 0 Å². The third kappa shape index (κ3) is 1.85. The first-order valence-electron chi connectivity index (χ1n) is 5.45. The first kappa shape index (κ1) is 11.2. The molecule has 0 bridgehead atoms. The molecule has 0 spiro atoms. The van der Waals surface area contributed by atoms with E-state index in [1.54, 1.807) is 18.3 Å². The van der Waals surface area contributed by atoms with Gasteiger partial charge >= 0.3 is 0 Å². The smallest absolute Gasteiger partial charge is 0.264 e. The van der Waals surface area contributed by atoms with Crippen LogP contribution in [0.2, 0.25) is 0 Å². The lowest BCUT2D eigenvalue weighted by molar-refractivity contribution is 0.485. The molecule has 86 valence electrons. The third-order valence-corrected chi connectivity index (χ3v) is 4.51. The van der Waals surface area contributed by atoms with Gasteiger partial charge in [0.25, 0.3) is 10.0 Å². The van der Waals surface area contributed by atoms with Crippen LogP contribution in [0.4, 0.5) is 0 Å². The average Bonchev–Trinajstić information content (AvgIpc) is 2.28. The van der Waals surface area contributed by atoms with Crippen LogP contribution < -0.4 is 0 Å². The van der Waals surface area contributed by atoms with Gasteiger partial charge < -0.3 is 0 Å². The van der Waals surface area contributed by atoms with Crippen molar-refractivity contribution < 1.29 is 8.42 Å². The minimum absolute atomic E-state index is 0.411. The highest BCUT2D eigenvalue weighted by molar-refractivity contribution is 7.89. The first-order chi connectivity index (χ1) is 7.66. The zero-order chi connectivity index (χ0) is 11.6. The van der Waals surface area contributed by atoms with Gasteiger partial charge in [-0.25, -0.2) is 8.42 Å². The highest BCUT2D eigenvalue weighted by Gasteiger charge is 2.26. The van der Waals surface area contributed by atoms with Gasteiger partial charge in [-0.15, -0.1) is 0 Å². The van der Waals surface area contributed by atoms with Gasteiger partial charge in [0, 0.05) is 12.7 Å². The molecule has 2 rings (SSSR count). The predicted octanol–water partition coefficient (Wildman–Crippen LogP) is 2.46. The molecule has 0 aliphatic carbocycles. The van der Waals surface area contributed by atoms with Crippen molar-refractivity contribution in [3.63, 3.8) is 0 Å². The SMILES string of the molecule is CCCCN1C=Cc2ccccc2S1(=O)=O. The lowest BCUT2D eigenvalue weighted by Crippen LogP contribution is -2.29. The standard InChI is InChI=1S/C12H15NO2S/c1-2-3-9-13-10-8-11-6-4-5-7-12(11)16(13,14)15/h4-8,10H,2-3,9H2,1H3. The summed E-state index contributed by atoms with van der Waals surface area (Å²) in [6.45, 7) is 2.61. The molecule has 0 saturated carbocycles. The Labute approximate surface area is 96.4 Å². The Kier molecular flexibility index (Phi) is 3.01. The molecule has 1 aromatic carbocycles. The van der Waals surface area contributed by atoms with E-state index in [-0.39, 0.29) is 0 Å². The van der Waals surface area contributed by atoms with Crippen molar-refractivity contribution in [2.75, 3.05) is 6.54 Å². The van der Waals surface area contributed by atoms with Gasteiger partial charge in [0.1, 0.15) is 0 Å². The van der Waals surface area contributed by atoms with E-state index >= 15 is 0 Å². The van der Waals surface area contributed by atoms with Gasteiger partial charge in [-0.2, -0.15) is 0 Å². The Morgan fingerprint density at radius 3 is 2.75 bits per heavy atom. The van der Waals surface area contributed by atoms with Crippen LogP contribution in [0.25, 0.3) is 6.08 Å². The van der Waals surface area contributed by atoms with Crippen LogP contribution >= 0.6 is 0 Å². The van der Waals surface area contributed by atoms with Gasteiger partial charge in [-0.05, 0) is 24.1 Å². The van der Waals surface area contributed by atoms with Crippen molar-refractivity contribution in [2.24, 2.45) is 0 Å². The Morgan fingerprint density at radius 1 is 1.25 bits per heavy atom. The van der Waals surface area contributed by atoms with E-state index in [2.05, 4.69) is 0 Å². The molecule has 1 aliphatic rings. The minimum Gasteiger partial charge on any atom is -0.273 e. The predicted molar refractivity (Wildman–Crippen MR) is 64.3 cm³/mol. The quantitative estimate of drug-likeness (QED) is 0.809. The maximum absolute atomic E-state index is 12.2. The molecule has 0 N–H and O–H groups in total. The van der Waals surface area contributed by atoms with Gasteiger partial charge in [-0.3, -0.25) is 4.31 Å². The summed E-state index contributed by atoms with van der Waals surface area (Å²) in [5.41, 5.74) is 0.773. The molecule has 1 aromatic rings. The monoisotopic (exact) mass is 237 g/mol. The van der Waals surface area contributed by atoms with E-state index in [1.807, 2.05) is 25.1 Å². The Bertz CT molecular complexity index is 506. The second-order valence-corrected chi connectivity index (χ2v) is 5.68. The van der Waals surface area contributed by atoms with Crippen molar-refractivity contribution in [2.45, 2.75) is 24.7 Å². The lowest BCUT2D eigenvalue weighted by Gasteiger charge is -2.24. The zero-order valence-corrected chi connectivity index (χ0v) is 10.1. The number of nitrogens with zero attached hydrogens (tertiary/aromatic N) is 1. The van der Waals surface area contributed by atoms with Crippen LogP contribution in [-0.2, 0) is 10.0 Å². The lowest BCUT2D eigenvalue weighted by atomic mass is 10.2. The zero-order valence-electron chi connectivity index (χ0n) is 9.26. The second-order valence-electron chi connectivity index (χ2n) is 3.82. The van der Waals surface area contributed by atoms with Crippen LogP contribution in [-0.4, -0.2) is 19.3 Å². The van der Waals surface area contributed by atoms with E-state index in [1.165, 1.54) is 4.31 Å². The highest BCUT2D eigenvalue weighted by Crippen LogP contribution is 2.26. The van der Waals surface area contributed by atoms with E-state index < -0.39 is 10.0 Å². The van der Waals surface area contributed by atoms with Crippen molar-refractivity contribution in [3.05, 3.63) is 36.0 Å². The summed E-state index contributed by atoms with van der Waals surface area (Å²) in [7, 11) is -3.31. The summed E-state index contributed by atoms with van der Waals surface area (Å²) in [6.07, 6.45) is 5.38. The largest absolute Gasteiger partial charge is 0.273 e. The van der Waals surface area contributed by atoms with E-state index in [0.717, 1.165) is 18.4 Å². The summed E-state index contributed by atoms with van der Waals surface area (Å²) in [4.78, 5) is 0.411. The Balaban J connectivity index is 2.39. The van der Waals surface area contributed by atoms with Gasteiger partial charge in [0.2, 0.25) is 0 Å². The van der Waals surface area contributed by atoms with Gasteiger partial charge in [0.15, 0.2) is 0 Å². The first-order valence-corrected chi connectivity index (χ1v) is 6.89. The molecule has 0 radical (unpaired) electrons. The summed E-state index contributed by atoms with van der Waals surface area (Å²) < 4.78 is 25.8. The summed E-state index contributed by atoms with van der Waals surface area (Å²) in [5, 5.41) is 0. The molecule has 1 heterocycles. The van der Waals surface area contributed by atoms with Crippen LogP contribution in [0.1, 0.15) is 25.3 Å². The van der Waals surface area contributed by atoms with Crippen molar-refractivity contribution >= 4 is 16.1 Å². The maximum atomic E-state index is 12.2. The van der Waals surface area contributed by atoms with E-state index in [9.17, 15) is 8.42 Å². The fraction of sp³-hybridized carbons (Fsp3) is 0.333. The number of hydrogen-bond donors (Lipinski definition) is 0. The molecule has 16 heavy (non-hydrogen) atoms. The molecule has 3 nitrogen and oxygen atoms in total. The number of rotatable bonds is 3. The molecule has 1 aliphatic heterocycles. The molecule has 0 fully saturated rings. The molecule has 0 atom stereocenters. The fourth-order valence-electron chi connectivity index (χ4n) is 1.73. The fourth-order valence-corrected chi connectivity index (χ4v) is 3.26. The van der Waals surface area contributed by atoms with Crippen LogP contribution in [0.3, 0.4) is 0 Å². The number of sulfonamides is 1. The van der Waals surface area contributed by atoms with Crippen molar-refractivity contribution in [1.82, 2.24) is 4.31 Å². The molecule has 0 aromatic heterocycles. The maximum Gasteiger partial charge on any atom is 0.264 e. The molecule has 4 heteroatoms. The highest BCUT2D eigenvalue weighted by atomic mass is 32.2. The van der Waals surface area contributed by atoms with E-state index in [0.29, 0.717) is 11.4 Å². The average molecular weight is 237 g/mol. The molecular weight excluding hydrogens is 222 g/mol. The van der Waals surface area contributed by atoms with Crippen LogP contribution in [0.15, 0.2) is 35.4 Å². The molecule has 0 amide bonds. The normalized spacial score (nSPS) is 17.2.